The molecule has 22 heavy (non-hydrogen) atoms. The standard InChI is InChI=1S/C18H26N2O2/c1-5-7-13(3)17(21)19-12-15-8-10-16(11-9-15)18(22)20-14(4)6-2/h7-11,14H,5-6,12H2,1-4H3,(H,19,21)(H,20,22)/b13-7-. The summed E-state index contributed by atoms with van der Waals surface area (Å²) in [4.78, 5) is 23.8. The Kier molecular flexibility index (Phi) is 7.37. The van der Waals surface area contributed by atoms with Crippen molar-refractivity contribution >= 4 is 11.8 Å². The Morgan fingerprint density at radius 2 is 1.82 bits per heavy atom. The lowest BCUT2D eigenvalue weighted by Crippen LogP contribution is -2.31. The SMILES string of the molecule is CC/C=C(/C)C(=O)NCc1ccc(C(=O)NC(C)CC)cc1. The molecule has 0 saturated carbocycles. The summed E-state index contributed by atoms with van der Waals surface area (Å²) in [6, 6.07) is 7.47. The van der Waals surface area contributed by atoms with Gasteiger partial charge in [0.2, 0.25) is 5.91 Å². The highest BCUT2D eigenvalue weighted by Crippen LogP contribution is 2.06. The molecule has 1 aromatic carbocycles. The first-order chi connectivity index (χ1) is 10.5. The first kappa shape index (κ1) is 18.0. The lowest BCUT2D eigenvalue weighted by atomic mass is 10.1. The Balaban J connectivity index is 2.57. The van der Waals surface area contributed by atoms with E-state index in [9.17, 15) is 9.59 Å². The quantitative estimate of drug-likeness (QED) is 0.760. The maximum absolute atomic E-state index is 12.0. The molecule has 2 amide bonds. The normalized spacial score (nSPS) is 12.6. The number of hydrogen-bond donors (Lipinski definition) is 2. The Morgan fingerprint density at radius 1 is 1.18 bits per heavy atom. The molecular formula is C18H26N2O2. The Morgan fingerprint density at radius 3 is 2.36 bits per heavy atom. The molecule has 0 aliphatic heterocycles. The van der Waals surface area contributed by atoms with Crippen LogP contribution >= 0.6 is 0 Å². The average Bonchev–Trinajstić information content (AvgIpc) is 2.53. The number of allylic oxidation sites excluding steroid dienone is 1. The summed E-state index contributed by atoms with van der Waals surface area (Å²) in [5.74, 6) is -0.118. The highest BCUT2D eigenvalue weighted by Gasteiger charge is 2.08. The van der Waals surface area contributed by atoms with Crippen LogP contribution in [0.3, 0.4) is 0 Å². The molecule has 120 valence electrons. The molecule has 4 heteroatoms. The Labute approximate surface area is 133 Å². The third kappa shape index (κ3) is 5.72. The summed E-state index contributed by atoms with van der Waals surface area (Å²) < 4.78 is 0. The van der Waals surface area contributed by atoms with Crippen LogP contribution in [0.1, 0.15) is 56.5 Å². The van der Waals surface area contributed by atoms with Crippen LogP contribution in [0.4, 0.5) is 0 Å². The van der Waals surface area contributed by atoms with Crippen molar-refractivity contribution in [3.8, 4) is 0 Å². The molecule has 0 aliphatic rings. The van der Waals surface area contributed by atoms with Gasteiger partial charge in [0.05, 0.1) is 0 Å². The topological polar surface area (TPSA) is 58.2 Å². The van der Waals surface area contributed by atoms with Crippen molar-refractivity contribution in [1.29, 1.82) is 0 Å². The number of nitrogens with one attached hydrogen (secondary N) is 2. The van der Waals surface area contributed by atoms with Gasteiger partial charge in [-0.25, -0.2) is 0 Å². The van der Waals surface area contributed by atoms with Crippen LogP contribution in [-0.2, 0) is 11.3 Å². The number of carbonyl (C=O) groups excluding carboxylic acids is 2. The van der Waals surface area contributed by atoms with Gasteiger partial charge in [-0.05, 0) is 44.4 Å². The molecule has 1 aromatic rings. The predicted octanol–water partition coefficient (Wildman–Crippen LogP) is 3.19. The molecule has 1 atom stereocenters. The monoisotopic (exact) mass is 302 g/mol. The van der Waals surface area contributed by atoms with Gasteiger partial charge in [-0.3, -0.25) is 9.59 Å². The lowest BCUT2D eigenvalue weighted by Gasteiger charge is -2.11. The second-order valence-corrected chi connectivity index (χ2v) is 5.46. The lowest BCUT2D eigenvalue weighted by molar-refractivity contribution is -0.117. The number of rotatable bonds is 7. The van der Waals surface area contributed by atoms with Crippen molar-refractivity contribution in [3.63, 3.8) is 0 Å². The van der Waals surface area contributed by atoms with Gasteiger partial charge in [-0.2, -0.15) is 0 Å². The van der Waals surface area contributed by atoms with Crippen molar-refractivity contribution in [2.45, 2.75) is 53.1 Å². The molecule has 0 saturated heterocycles. The molecule has 0 spiro atoms. The second kappa shape index (κ2) is 9.03. The smallest absolute Gasteiger partial charge is 0.251 e. The van der Waals surface area contributed by atoms with Crippen LogP contribution in [0.15, 0.2) is 35.9 Å². The van der Waals surface area contributed by atoms with E-state index < -0.39 is 0 Å². The molecule has 0 bridgehead atoms. The van der Waals surface area contributed by atoms with Crippen LogP contribution in [0.25, 0.3) is 0 Å². The summed E-state index contributed by atoms with van der Waals surface area (Å²) in [6.07, 6.45) is 3.65. The van der Waals surface area contributed by atoms with Crippen LogP contribution in [0.2, 0.25) is 0 Å². The third-order valence-corrected chi connectivity index (χ3v) is 3.53. The van der Waals surface area contributed by atoms with E-state index in [1.807, 2.05) is 39.0 Å². The number of hydrogen-bond acceptors (Lipinski definition) is 2. The van der Waals surface area contributed by atoms with Gasteiger partial charge in [0.25, 0.3) is 5.91 Å². The molecule has 0 aliphatic carbocycles. The van der Waals surface area contributed by atoms with Crippen molar-refractivity contribution < 1.29 is 9.59 Å². The largest absolute Gasteiger partial charge is 0.350 e. The second-order valence-electron chi connectivity index (χ2n) is 5.46. The number of amides is 2. The van der Waals surface area contributed by atoms with Gasteiger partial charge in [0, 0.05) is 23.7 Å². The number of carbonyl (C=O) groups is 2. The molecule has 4 nitrogen and oxygen atoms in total. The summed E-state index contributed by atoms with van der Waals surface area (Å²) in [6.45, 7) is 8.28. The van der Waals surface area contributed by atoms with E-state index in [1.54, 1.807) is 19.1 Å². The molecule has 0 radical (unpaired) electrons. The van der Waals surface area contributed by atoms with Crippen molar-refractivity contribution in [2.75, 3.05) is 0 Å². The highest BCUT2D eigenvalue weighted by atomic mass is 16.2. The fourth-order valence-electron chi connectivity index (χ4n) is 1.90. The van der Waals surface area contributed by atoms with Gasteiger partial charge in [0.15, 0.2) is 0 Å². The van der Waals surface area contributed by atoms with Gasteiger partial charge in [-0.1, -0.05) is 32.1 Å². The minimum atomic E-state index is -0.0633. The van der Waals surface area contributed by atoms with E-state index >= 15 is 0 Å². The van der Waals surface area contributed by atoms with Crippen molar-refractivity contribution in [1.82, 2.24) is 10.6 Å². The van der Waals surface area contributed by atoms with Gasteiger partial charge >= 0.3 is 0 Å². The van der Waals surface area contributed by atoms with E-state index in [0.717, 1.165) is 24.0 Å². The predicted molar refractivity (Wildman–Crippen MR) is 89.6 cm³/mol. The zero-order valence-electron chi connectivity index (χ0n) is 13.9. The molecule has 0 heterocycles. The van der Waals surface area contributed by atoms with Crippen molar-refractivity contribution in [2.24, 2.45) is 0 Å². The summed E-state index contributed by atoms with van der Waals surface area (Å²) in [5, 5.41) is 5.79. The maximum atomic E-state index is 12.0. The van der Waals surface area contributed by atoms with E-state index in [4.69, 9.17) is 0 Å². The third-order valence-electron chi connectivity index (χ3n) is 3.53. The van der Waals surface area contributed by atoms with E-state index in [1.165, 1.54) is 0 Å². The first-order valence-corrected chi connectivity index (χ1v) is 7.82. The van der Waals surface area contributed by atoms with Gasteiger partial charge in [-0.15, -0.1) is 0 Å². The Hall–Kier alpha value is -2.10. The fraction of sp³-hybridized carbons (Fsp3) is 0.444. The zero-order valence-corrected chi connectivity index (χ0v) is 13.9. The molecule has 0 fully saturated rings. The van der Waals surface area contributed by atoms with Crippen LogP contribution in [0.5, 0.6) is 0 Å². The average molecular weight is 302 g/mol. The minimum Gasteiger partial charge on any atom is -0.350 e. The summed E-state index contributed by atoms with van der Waals surface area (Å²) >= 11 is 0. The molecule has 2 N–H and O–H groups in total. The number of benzene rings is 1. The molecule has 1 rings (SSSR count). The zero-order chi connectivity index (χ0) is 16.5. The summed E-state index contributed by atoms with van der Waals surface area (Å²) in [5.41, 5.74) is 2.34. The molecule has 1 unspecified atom stereocenters. The van der Waals surface area contributed by atoms with E-state index in [-0.39, 0.29) is 17.9 Å². The summed E-state index contributed by atoms with van der Waals surface area (Å²) in [7, 11) is 0. The minimum absolute atomic E-state index is 0.0551. The van der Waals surface area contributed by atoms with Crippen LogP contribution < -0.4 is 10.6 Å². The highest BCUT2D eigenvalue weighted by molar-refractivity contribution is 5.94. The first-order valence-electron chi connectivity index (χ1n) is 7.82. The molecular weight excluding hydrogens is 276 g/mol. The van der Waals surface area contributed by atoms with Crippen molar-refractivity contribution in [3.05, 3.63) is 47.0 Å². The Bertz CT molecular complexity index is 533. The van der Waals surface area contributed by atoms with E-state index in [0.29, 0.717) is 12.1 Å². The molecule has 0 aromatic heterocycles. The van der Waals surface area contributed by atoms with Gasteiger partial charge < -0.3 is 10.6 Å². The fourth-order valence-corrected chi connectivity index (χ4v) is 1.90. The van der Waals surface area contributed by atoms with Gasteiger partial charge in [0.1, 0.15) is 0 Å². The van der Waals surface area contributed by atoms with Crippen LogP contribution in [-0.4, -0.2) is 17.9 Å². The maximum Gasteiger partial charge on any atom is 0.251 e. The van der Waals surface area contributed by atoms with E-state index in [2.05, 4.69) is 10.6 Å². The van der Waals surface area contributed by atoms with Crippen LogP contribution in [0, 0.1) is 0 Å².